The van der Waals surface area contributed by atoms with Gasteiger partial charge < -0.3 is 63.9 Å². The van der Waals surface area contributed by atoms with Crippen LogP contribution in [-0.4, -0.2) is 136 Å². The topological polar surface area (TPSA) is 346 Å². The van der Waals surface area contributed by atoms with Gasteiger partial charge in [0, 0.05) is 23.5 Å². The predicted molar refractivity (Wildman–Crippen MR) is 255 cm³/mol. The minimum Gasteiger partial charge on any atom is -0.480 e. The minimum absolute atomic E-state index is 0.0113. The normalized spacial score (nSPS) is 14.3. The SMILES string of the molecule is CSCC[C@H](NC(=O)[C@H](CO)NC(=O)[C@H](CC(C)C)NC(=O)[C@H](Cc1c[nH]c2ccccc12)NC(=O)[C@H](CC(N)=O)NC(=O)CNC(=O)[C@@H](N)Cc1ccccc1)C(=O)N[C@@H](CC(C)C)C(=O)O. The molecule has 68 heavy (non-hydrogen) atoms. The molecule has 0 saturated heterocycles. The van der Waals surface area contributed by atoms with Crippen LogP contribution in [0.25, 0.3) is 10.9 Å². The van der Waals surface area contributed by atoms with E-state index in [2.05, 4.69) is 42.2 Å². The van der Waals surface area contributed by atoms with Gasteiger partial charge in [-0.05, 0) is 66.7 Å². The number of carboxylic acids is 1. The van der Waals surface area contributed by atoms with Gasteiger partial charge in [-0.2, -0.15) is 11.8 Å². The smallest absolute Gasteiger partial charge is 0.326 e. The van der Waals surface area contributed by atoms with Crippen LogP contribution < -0.4 is 48.7 Å². The van der Waals surface area contributed by atoms with Gasteiger partial charge in [-0.1, -0.05) is 76.2 Å². The zero-order valence-corrected chi connectivity index (χ0v) is 39.8. The number of hydrogen-bond acceptors (Lipinski definition) is 12. The van der Waals surface area contributed by atoms with E-state index < -0.39 is 115 Å². The Bertz CT molecular complexity index is 2210. The van der Waals surface area contributed by atoms with Crippen molar-refractivity contribution >= 4 is 75.9 Å². The molecular weight excluding hydrogens is 901 g/mol. The number of fused-ring (bicyclic) bond motifs is 1. The van der Waals surface area contributed by atoms with Crippen molar-refractivity contribution in [3.05, 3.63) is 71.9 Å². The second-order valence-electron chi connectivity index (χ2n) is 17.2. The number of aliphatic hydroxyl groups is 1. The van der Waals surface area contributed by atoms with Gasteiger partial charge in [-0.3, -0.25) is 38.4 Å². The molecule has 0 aliphatic heterocycles. The first-order chi connectivity index (χ1) is 32.2. The molecule has 0 fully saturated rings. The second kappa shape index (κ2) is 28.0. The number of nitrogens with two attached hydrogens (primary N) is 2. The largest absolute Gasteiger partial charge is 0.480 e. The summed E-state index contributed by atoms with van der Waals surface area (Å²) in [6, 6.07) is 6.63. The van der Waals surface area contributed by atoms with E-state index in [1.807, 2.05) is 6.07 Å². The Morgan fingerprint density at radius 2 is 1.18 bits per heavy atom. The highest BCUT2D eigenvalue weighted by molar-refractivity contribution is 7.98. The number of nitrogens with one attached hydrogen (secondary N) is 8. The lowest BCUT2D eigenvalue weighted by Gasteiger charge is -2.27. The summed E-state index contributed by atoms with van der Waals surface area (Å²) in [6.45, 7) is 5.59. The first-order valence-electron chi connectivity index (χ1n) is 22.3. The van der Waals surface area contributed by atoms with E-state index in [0.717, 1.165) is 5.56 Å². The fourth-order valence-electron chi connectivity index (χ4n) is 7.10. The lowest BCUT2D eigenvalue weighted by atomic mass is 10.00. The number of para-hydroxylation sites is 1. The Balaban J connectivity index is 1.83. The van der Waals surface area contributed by atoms with Gasteiger partial charge >= 0.3 is 5.97 Å². The van der Waals surface area contributed by atoms with Gasteiger partial charge in [-0.15, -0.1) is 0 Å². The Morgan fingerprint density at radius 3 is 1.79 bits per heavy atom. The highest BCUT2D eigenvalue weighted by atomic mass is 32.2. The average Bonchev–Trinajstić information content (AvgIpc) is 3.69. The van der Waals surface area contributed by atoms with Crippen LogP contribution in [0, 0.1) is 11.8 Å². The van der Waals surface area contributed by atoms with Crippen molar-refractivity contribution in [2.45, 2.75) is 109 Å². The van der Waals surface area contributed by atoms with Crippen molar-refractivity contribution in [2.75, 3.05) is 25.2 Å². The quantitative estimate of drug-likeness (QED) is 0.0402. The van der Waals surface area contributed by atoms with Crippen molar-refractivity contribution < 1.29 is 53.4 Å². The summed E-state index contributed by atoms with van der Waals surface area (Å²) in [4.78, 5) is 122. The fraction of sp³-hybridized carbons (Fsp3) is 0.500. The number of aliphatic hydroxyl groups excluding tert-OH is 1. The number of aromatic nitrogens is 1. The highest BCUT2D eigenvalue weighted by Gasteiger charge is 2.34. The molecule has 8 amide bonds. The van der Waals surface area contributed by atoms with Gasteiger partial charge in [-0.25, -0.2) is 4.79 Å². The molecule has 2 aromatic carbocycles. The third kappa shape index (κ3) is 18.6. The summed E-state index contributed by atoms with van der Waals surface area (Å²) >= 11 is 1.38. The standard InChI is InChI=1S/C46H66N10O11S/c1-25(2)17-33(42(62)56-37(24-57)45(65)52-32(15-16-68-5)41(61)55-36(46(66)67)18-26(3)4)53-43(63)34(20-28-22-49-31-14-10-9-13-29(28)31)54-44(64)35(21-38(48)58)51-39(59)23-50-40(60)30(47)19-27-11-7-6-8-12-27/h6-14,22,25-26,30,32-37,49,57H,15-21,23-24,47H2,1-5H3,(H2,48,58)(H,50,60)(H,51,59)(H,52,65)(H,53,63)(H,54,64)(H,55,61)(H,56,62)(H,66,67)/t30-,32-,33-,34-,35-,36-,37-/m0/s1. The average molecular weight is 967 g/mol. The number of rotatable bonds is 29. The number of thioether (sulfide) groups is 1. The molecule has 0 unspecified atom stereocenters. The number of primary amides is 1. The van der Waals surface area contributed by atoms with Gasteiger partial charge in [0.1, 0.15) is 36.3 Å². The summed E-state index contributed by atoms with van der Waals surface area (Å²) in [5.41, 5.74) is 13.6. The summed E-state index contributed by atoms with van der Waals surface area (Å²) in [5.74, 6) is -8.12. The maximum Gasteiger partial charge on any atom is 0.326 e. The number of aliphatic carboxylic acids is 1. The first kappa shape index (κ1) is 55.8. The molecule has 0 aliphatic rings. The Labute approximate surface area is 399 Å². The van der Waals surface area contributed by atoms with Crippen molar-refractivity contribution in [1.82, 2.24) is 42.2 Å². The molecule has 1 heterocycles. The number of benzene rings is 2. The van der Waals surface area contributed by atoms with Crippen LogP contribution in [0.2, 0.25) is 0 Å². The number of aromatic amines is 1. The van der Waals surface area contributed by atoms with Crippen LogP contribution in [0.15, 0.2) is 60.8 Å². The maximum atomic E-state index is 14.3. The number of carboxylic acid groups (broad SMARTS) is 1. The third-order valence-electron chi connectivity index (χ3n) is 10.6. The Hall–Kier alpha value is -6.52. The molecule has 22 heteroatoms. The lowest BCUT2D eigenvalue weighted by molar-refractivity contribution is -0.143. The highest BCUT2D eigenvalue weighted by Crippen LogP contribution is 2.20. The summed E-state index contributed by atoms with van der Waals surface area (Å²) in [7, 11) is 0. The fourth-order valence-corrected chi connectivity index (χ4v) is 7.57. The van der Waals surface area contributed by atoms with Crippen LogP contribution in [0.5, 0.6) is 0 Å². The number of amides is 8. The molecule has 21 nitrogen and oxygen atoms in total. The Morgan fingerprint density at radius 1 is 0.647 bits per heavy atom. The molecule has 3 aromatic rings. The second-order valence-corrected chi connectivity index (χ2v) is 18.2. The molecule has 0 aliphatic carbocycles. The van der Waals surface area contributed by atoms with Crippen molar-refractivity contribution in [2.24, 2.45) is 23.3 Å². The van der Waals surface area contributed by atoms with Gasteiger partial charge in [0.05, 0.1) is 25.6 Å². The van der Waals surface area contributed by atoms with E-state index in [4.69, 9.17) is 11.5 Å². The number of H-pyrrole nitrogens is 1. The molecule has 0 bridgehead atoms. The number of carbonyl (C=O) groups is 9. The third-order valence-corrected chi connectivity index (χ3v) is 11.2. The van der Waals surface area contributed by atoms with E-state index in [1.54, 1.807) is 88.7 Å². The van der Waals surface area contributed by atoms with E-state index in [1.165, 1.54) is 11.8 Å². The monoisotopic (exact) mass is 966 g/mol. The first-order valence-corrected chi connectivity index (χ1v) is 23.7. The Kier molecular flexibility index (Phi) is 22.9. The van der Waals surface area contributed by atoms with Gasteiger partial charge in [0.15, 0.2) is 0 Å². The van der Waals surface area contributed by atoms with Gasteiger partial charge in [0.25, 0.3) is 0 Å². The summed E-state index contributed by atoms with van der Waals surface area (Å²) in [5, 5.41) is 38.1. The number of carbonyl (C=O) groups excluding carboxylic acids is 8. The van der Waals surface area contributed by atoms with E-state index in [9.17, 15) is 53.4 Å². The van der Waals surface area contributed by atoms with Crippen molar-refractivity contribution in [1.29, 1.82) is 0 Å². The molecule has 7 atom stereocenters. The molecular formula is C46H66N10O11S. The zero-order valence-electron chi connectivity index (χ0n) is 39.0. The van der Waals surface area contributed by atoms with Crippen LogP contribution >= 0.6 is 11.8 Å². The summed E-state index contributed by atoms with van der Waals surface area (Å²) in [6.07, 6.45) is 2.98. The molecule has 14 N–H and O–H groups in total. The van der Waals surface area contributed by atoms with E-state index >= 15 is 0 Å². The van der Waals surface area contributed by atoms with Crippen molar-refractivity contribution in [3.8, 4) is 0 Å². The van der Waals surface area contributed by atoms with Gasteiger partial charge in [0.2, 0.25) is 47.3 Å². The molecule has 0 spiro atoms. The van der Waals surface area contributed by atoms with Crippen LogP contribution in [-0.2, 0) is 56.0 Å². The van der Waals surface area contributed by atoms with Crippen molar-refractivity contribution in [3.63, 3.8) is 0 Å². The van der Waals surface area contributed by atoms with Crippen LogP contribution in [0.4, 0.5) is 0 Å². The van der Waals surface area contributed by atoms with E-state index in [-0.39, 0.29) is 43.9 Å². The maximum absolute atomic E-state index is 14.3. The molecule has 372 valence electrons. The predicted octanol–water partition coefficient (Wildman–Crippen LogP) is -0.897. The molecule has 0 radical (unpaired) electrons. The van der Waals surface area contributed by atoms with Crippen LogP contribution in [0.3, 0.4) is 0 Å². The molecule has 1 aromatic heterocycles. The molecule has 3 rings (SSSR count). The lowest BCUT2D eigenvalue weighted by Crippen LogP contribution is -2.61. The minimum atomic E-state index is -1.62. The number of hydrogen-bond donors (Lipinski definition) is 12. The molecule has 0 saturated carbocycles. The van der Waals surface area contributed by atoms with Crippen LogP contribution in [0.1, 0.15) is 64.5 Å². The zero-order chi connectivity index (χ0) is 50.5. The van der Waals surface area contributed by atoms with E-state index in [0.29, 0.717) is 22.2 Å². The summed E-state index contributed by atoms with van der Waals surface area (Å²) < 4.78 is 0.